The van der Waals surface area contributed by atoms with Crippen LogP contribution in [-0.4, -0.2) is 0 Å². The van der Waals surface area contributed by atoms with E-state index in [-0.39, 0.29) is 0 Å². The van der Waals surface area contributed by atoms with Crippen molar-refractivity contribution in [2.45, 2.75) is 0 Å². The fraction of sp³-hybridized carbons (Fsp3) is 0. The van der Waals surface area contributed by atoms with E-state index in [1.54, 1.807) is 0 Å². The Bertz CT molecular complexity index is 1010. The van der Waals surface area contributed by atoms with E-state index in [2.05, 4.69) is 16.0 Å². The minimum atomic E-state index is 0.671. The second kappa shape index (κ2) is 8.36. The lowest BCUT2D eigenvalue weighted by molar-refractivity contribution is 1.48. The van der Waals surface area contributed by atoms with Crippen molar-refractivity contribution in [3.05, 3.63) is 91.0 Å². The number of para-hydroxylation sites is 6. The number of nitrogens with two attached hydrogens (primary N) is 3. The zero-order chi connectivity index (χ0) is 20.9. The molecule has 0 atom stereocenters. The first-order chi connectivity index (χ1) is 14.6. The Kier molecular flexibility index (Phi) is 5.30. The number of nitrogens with one attached hydrogen (secondary N) is 3. The van der Waals surface area contributed by atoms with Crippen LogP contribution in [0.5, 0.6) is 0 Å². The molecule has 0 aliphatic carbocycles. The maximum Gasteiger partial charge on any atom is 0.0617 e. The molecule has 6 heteroatoms. The van der Waals surface area contributed by atoms with Crippen LogP contribution in [0.15, 0.2) is 91.0 Å². The molecule has 0 aliphatic rings. The van der Waals surface area contributed by atoms with Gasteiger partial charge in [0.25, 0.3) is 0 Å². The molecule has 9 N–H and O–H groups in total. The number of benzene rings is 4. The summed E-state index contributed by atoms with van der Waals surface area (Å²) in [6, 6.07) is 28.9. The van der Waals surface area contributed by atoms with Crippen molar-refractivity contribution in [3.8, 4) is 0 Å². The van der Waals surface area contributed by atoms with E-state index in [0.29, 0.717) is 17.1 Å². The predicted molar refractivity (Wildman–Crippen MR) is 129 cm³/mol. The third kappa shape index (κ3) is 4.39. The highest BCUT2D eigenvalue weighted by atomic mass is 15.0. The van der Waals surface area contributed by atoms with Crippen LogP contribution in [0.1, 0.15) is 0 Å². The lowest BCUT2D eigenvalue weighted by Crippen LogP contribution is -2.01. The fourth-order valence-corrected chi connectivity index (χ4v) is 3.14. The molecule has 0 spiro atoms. The third-order valence-corrected chi connectivity index (χ3v) is 4.65. The third-order valence-electron chi connectivity index (χ3n) is 4.65. The van der Waals surface area contributed by atoms with Crippen molar-refractivity contribution in [3.63, 3.8) is 0 Å². The Balaban J connectivity index is 1.70. The van der Waals surface area contributed by atoms with E-state index in [1.165, 1.54) is 0 Å². The number of hydrogen-bond donors (Lipinski definition) is 6. The van der Waals surface area contributed by atoms with Crippen LogP contribution in [0.2, 0.25) is 0 Å². The van der Waals surface area contributed by atoms with E-state index >= 15 is 0 Å². The van der Waals surface area contributed by atoms with E-state index in [0.717, 1.165) is 34.1 Å². The highest BCUT2D eigenvalue weighted by molar-refractivity contribution is 5.82. The van der Waals surface area contributed by atoms with Crippen molar-refractivity contribution >= 4 is 51.2 Å². The highest BCUT2D eigenvalue weighted by Crippen LogP contribution is 2.33. The van der Waals surface area contributed by atoms with E-state index < -0.39 is 0 Å². The van der Waals surface area contributed by atoms with Gasteiger partial charge in [0.05, 0.1) is 34.1 Å². The quantitative estimate of drug-likeness (QED) is 0.234. The maximum atomic E-state index is 6.10. The second-order valence-corrected chi connectivity index (χ2v) is 6.94. The molecule has 0 radical (unpaired) electrons. The van der Waals surface area contributed by atoms with Crippen LogP contribution < -0.4 is 33.2 Å². The number of hydrogen-bond acceptors (Lipinski definition) is 6. The molecule has 30 heavy (non-hydrogen) atoms. The van der Waals surface area contributed by atoms with Crippen molar-refractivity contribution in [2.24, 2.45) is 0 Å². The van der Waals surface area contributed by atoms with Gasteiger partial charge in [0.2, 0.25) is 0 Å². The summed E-state index contributed by atoms with van der Waals surface area (Å²) < 4.78 is 0. The van der Waals surface area contributed by atoms with Crippen LogP contribution in [0.4, 0.5) is 51.2 Å². The molecule has 4 aromatic rings. The zero-order valence-electron chi connectivity index (χ0n) is 16.4. The lowest BCUT2D eigenvalue weighted by atomic mass is 10.2. The largest absolute Gasteiger partial charge is 0.397 e. The Hall–Kier alpha value is -4.32. The Labute approximate surface area is 175 Å². The number of nitrogen functional groups attached to an aromatic ring is 3. The normalized spacial score (nSPS) is 10.4. The van der Waals surface area contributed by atoms with Gasteiger partial charge in [0, 0.05) is 17.1 Å². The standard InChI is InChI=1S/C24H24N6/c25-19-7-1-4-10-22(19)28-16-13-17(29-23-11-5-2-8-20(23)26)15-18(14-16)30-24-12-6-3-9-21(24)27/h1-15,28-30H,25-27H2. The molecule has 0 fully saturated rings. The van der Waals surface area contributed by atoms with Crippen LogP contribution in [0.25, 0.3) is 0 Å². The Morgan fingerprint density at radius 2 is 0.667 bits per heavy atom. The average molecular weight is 396 g/mol. The Morgan fingerprint density at radius 3 is 0.933 bits per heavy atom. The predicted octanol–water partition coefficient (Wildman–Crippen LogP) is 5.66. The van der Waals surface area contributed by atoms with Crippen molar-refractivity contribution in [2.75, 3.05) is 33.2 Å². The van der Waals surface area contributed by atoms with Gasteiger partial charge in [0.1, 0.15) is 0 Å². The van der Waals surface area contributed by atoms with Gasteiger partial charge in [-0.15, -0.1) is 0 Å². The first-order valence-corrected chi connectivity index (χ1v) is 9.58. The monoisotopic (exact) mass is 396 g/mol. The first-order valence-electron chi connectivity index (χ1n) is 9.58. The smallest absolute Gasteiger partial charge is 0.0617 e. The molecule has 0 saturated carbocycles. The number of anilines is 9. The molecular formula is C24H24N6. The Morgan fingerprint density at radius 1 is 0.400 bits per heavy atom. The summed E-state index contributed by atoms with van der Waals surface area (Å²) in [6.45, 7) is 0. The minimum absolute atomic E-state index is 0.671. The molecule has 4 aromatic carbocycles. The summed E-state index contributed by atoms with van der Waals surface area (Å²) in [6.07, 6.45) is 0. The van der Waals surface area contributed by atoms with Gasteiger partial charge in [-0.25, -0.2) is 0 Å². The SMILES string of the molecule is Nc1ccccc1Nc1cc(Nc2ccccc2N)cc(Nc2ccccc2N)c1. The highest BCUT2D eigenvalue weighted by Gasteiger charge is 2.07. The topological polar surface area (TPSA) is 114 Å². The average Bonchev–Trinajstić information content (AvgIpc) is 2.73. The molecule has 0 aliphatic heterocycles. The summed E-state index contributed by atoms with van der Waals surface area (Å²) in [5, 5.41) is 10.2. The summed E-state index contributed by atoms with van der Waals surface area (Å²) in [7, 11) is 0. The molecule has 4 rings (SSSR count). The van der Waals surface area contributed by atoms with Crippen LogP contribution in [0.3, 0.4) is 0 Å². The second-order valence-electron chi connectivity index (χ2n) is 6.94. The molecule has 0 saturated heterocycles. The van der Waals surface area contributed by atoms with Crippen LogP contribution in [0, 0.1) is 0 Å². The minimum Gasteiger partial charge on any atom is -0.397 e. The van der Waals surface area contributed by atoms with E-state index in [1.807, 2.05) is 91.0 Å². The summed E-state index contributed by atoms with van der Waals surface area (Å²) in [5.74, 6) is 0. The fourth-order valence-electron chi connectivity index (χ4n) is 3.14. The van der Waals surface area contributed by atoms with E-state index in [9.17, 15) is 0 Å². The first kappa shape index (κ1) is 19.0. The van der Waals surface area contributed by atoms with Gasteiger partial charge in [-0.3, -0.25) is 0 Å². The van der Waals surface area contributed by atoms with Gasteiger partial charge in [-0.05, 0) is 54.6 Å². The molecular weight excluding hydrogens is 372 g/mol. The summed E-state index contributed by atoms with van der Waals surface area (Å²) in [4.78, 5) is 0. The molecule has 150 valence electrons. The zero-order valence-corrected chi connectivity index (χ0v) is 16.4. The van der Waals surface area contributed by atoms with Gasteiger partial charge >= 0.3 is 0 Å². The van der Waals surface area contributed by atoms with Gasteiger partial charge in [-0.2, -0.15) is 0 Å². The lowest BCUT2D eigenvalue weighted by Gasteiger charge is -2.16. The summed E-state index contributed by atoms with van der Waals surface area (Å²) >= 11 is 0. The molecule has 0 heterocycles. The van der Waals surface area contributed by atoms with Crippen LogP contribution in [-0.2, 0) is 0 Å². The van der Waals surface area contributed by atoms with Crippen molar-refractivity contribution in [1.82, 2.24) is 0 Å². The van der Waals surface area contributed by atoms with Gasteiger partial charge in [-0.1, -0.05) is 36.4 Å². The van der Waals surface area contributed by atoms with Gasteiger partial charge in [0.15, 0.2) is 0 Å². The maximum absolute atomic E-state index is 6.10. The molecule has 6 nitrogen and oxygen atoms in total. The van der Waals surface area contributed by atoms with Gasteiger partial charge < -0.3 is 33.2 Å². The molecule has 0 unspecified atom stereocenters. The van der Waals surface area contributed by atoms with Crippen molar-refractivity contribution in [1.29, 1.82) is 0 Å². The van der Waals surface area contributed by atoms with E-state index in [4.69, 9.17) is 17.2 Å². The molecule has 0 aromatic heterocycles. The van der Waals surface area contributed by atoms with Crippen molar-refractivity contribution < 1.29 is 0 Å². The van der Waals surface area contributed by atoms with Crippen LogP contribution >= 0.6 is 0 Å². The molecule has 0 bridgehead atoms. The number of rotatable bonds is 6. The summed E-state index contributed by atoms with van der Waals surface area (Å²) in [5.41, 5.74) is 25.4. The molecule has 0 amide bonds.